The van der Waals surface area contributed by atoms with Crippen LogP contribution in [0.2, 0.25) is 0 Å². The fraction of sp³-hybridized carbons (Fsp3) is 0. The second-order valence-corrected chi connectivity index (χ2v) is 16.0. The van der Waals surface area contributed by atoms with Gasteiger partial charge in [-0.15, -0.1) is 0 Å². The Morgan fingerprint density at radius 3 is 1.41 bits per heavy atom. The highest BCUT2D eigenvalue weighted by atomic mass is 15.1. The smallest absolute Gasteiger partial charge is 0.160 e. The van der Waals surface area contributed by atoms with Crippen LogP contribution in [0.1, 0.15) is 0 Å². The molecule has 1 aliphatic heterocycles. The van der Waals surface area contributed by atoms with Crippen LogP contribution in [0, 0.1) is 0 Å². The molecule has 63 heavy (non-hydrogen) atoms. The van der Waals surface area contributed by atoms with Crippen LogP contribution in [0.15, 0.2) is 231 Å². The average Bonchev–Trinajstić information content (AvgIpc) is 3.71. The third kappa shape index (κ3) is 6.53. The van der Waals surface area contributed by atoms with E-state index in [4.69, 9.17) is 15.0 Å². The summed E-state index contributed by atoms with van der Waals surface area (Å²) in [5, 5.41) is 0. The van der Waals surface area contributed by atoms with E-state index in [1.807, 2.05) is 12.1 Å². The van der Waals surface area contributed by atoms with E-state index in [0.717, 1.165) is 84.0 Å². The highest BCUT2D eigenvalue weighted by Gasteiger charge is 2.25. The van der Waals surface area contributed by atoms with Crippen molar-refractivity contribution in [3.05, 3.63) is 231 Å². The minimum atomic E-state index is 0.685. The van der Waals surface area contributed by atoms with Gasteiger partial charge in [-0.25, -0.2) is 15.0 Å². The normalized spacial score (nSPS) is 11.5. The van der Waals surface area contributed by atoms with E-state index in [-0.39, 0.29) is 0 Å². The number of hydrogen-bond acceptors (Lipinski definition) is 3. The molecule has 0 bridgehead atoms. The number of aromatic nitrogens is 4. The number of para-hydroxylation sites is 2. The van der Waals surface area contributed by atoms with E-state index >= 15 is 0 Å². The van der Waals surface area contributed by atoms with E-state index in [1.54, 1.807) is 0 Å². The van der Waals surface area contributed by atoms with Crippen LogP contribution in [-0.4, -0.2) is 19.5 Å². The van der Waals surface area contributed by atoms with Gasteiger partial charge < -0.3 is 0 Å². The summed E-state index contributed by atoms with van der Waals surface area (Å²) >= 11 is 0. The lowest BCUT2D eigenvalue weighted by atomic mass is 9.94. The summed E-state index contributed by atoms with van der Waals surface area (Å²) in [6.45, 7) is 0. The second-order valence-electron chi connectivity index (χ2n) is 16.0. The van der Waals surface area contributed by atoms with Gasteiger partial charge in [-0.05, 0) is 80.9 Å². The molecule has 2 aromatic heterocycles. The van der Waals surface area contributed by atoms with Crippen molar-refractivity contribution in [2.24, 2.45) is 0 Å². The molecule has 294 valence electrons. The molecule has 0 radical (unpaired) electrons. The summed E-state index contributed by atoms with van der Waals surface area (Å²) in [5.74, 6) is 1.62. The van der Waals surface area contributed by atoms with Gasteiger partial charge in [-0.2, -0.15) is 0 Å². The van der Waals surface area contributed by atoms with Gasteiger partial charge in [0, 0.05) is 33.4 Å². The van der Waals surface area contributed by atoms with Crippen LogP contribution in [0.5, 0.6) is 0 Å². The van der Waals surface area contributed by atoms with Gasteiger partial charge in [0.05, 0.1) is 28.1 Å². The minimum absolute atomic E-state index is 0.685. The predicted molar refractivity (Wildman–Crippen MR) is 259 cm³/mol. The van der Waals surface area contributed by atoms with E-state index < -0.39 is 0 Å². The Bertz CT molecular complexity index is 3500. The molecule has 12 rings (SSSR count). The standard InChI is InChI=1S/C59H38N4/c1-3-15-39(16-4-1)44-20-12-23-47(36-44)55-38-54(41-17-5-2-6-18-41)60-58(61-55)48-24-13-22-46(37-48)45-21-11-19-43(35-45)40-31-33-42(34-32-40)59-62-53-29-14-28-52-50-26-8-7-25-49(50)51-27-9-10-30-56(51)63(59)57(52)53/h1-38H. The number of nitrogens with zero attached hydrogens (tertiary/aromatic N) is 4. The number of rotatable bonds is 7. The summed E-state index contributed by atoms with van der Waals surface area (Å²) in [6, 6.07) is 81.6. The Morgan fingerprint density at radius 2 is 0.714 bits per heavy atom. The summed E-state index contributed by atoms with van der Waals surface area (Å²) in [5.41, 5.74) is 20.8. The third-order valence-electron chi connectivity index (χ3n) is 12.2. The van der Waals surface area contributed by atoms with Crippen LogP contribution in [0.4, 0.5) is 0 Å². The van der Waals surface area contributed by atoms with Crippen molar-refractivity contribution >= 4 is 11.0 Å². The second kappa shape index (κ2) is 15.2. The lowest BCUT2D eigenvalue weighted by Gasteiger charge is -2.13. The first-order valence-electron chi connectivity index (χ1n) is 21.3. The quantitative estimate of drug-likeness (QED) is 0.161. The number of hydrogen-bond donors (Lipinski definition) is 0. The molecule has 0 fully saturated rings. The van der Waals surface area contributed by atoms with Gasteiger partial charge >= 0.3 is 0 Å². The maximum absolute atomic E-state index is 5.27. The minimum Gasteiger partial charge on any atom is -0.291 e. The Hall–Kier alpha value is -8.47. The van der Waals surface area contributed by atoms with E-state index in [0.29, 0.717) is 5.82 Å². The molecule has 0 amide bonds. The van der Waals surface area contributed by atoms with Crippen molar-refractivity contribution in [1.29, 1.82) is 0 Å². The first-order valence-corrected chi connectivity index (χ1v) is 21.3. The van der Waals surface area contributed by atoms with E-state index in [1.165, 1.54) is 27.8 Å². The van der Waals surface area contributed by atoms with Crippen LogP contribution < -0.4 is 0 Å². The average molecular weight is 803 g/mol. The molecule has 0 N–H and O–H groups in total. The van der Waals surface area contributed by atoms with Gasteiger partial charge in [-0.3, -0.25) is 4.57 Å². The molecule has 0 spiro atoms. The van der Waals surface area contributed by atoms with Crippen LogP contribution >= 0.6 is 0 Å². The maximum Gasteiger partial charge on any atom is 0.160 e. The van der Waals surface area contributed by atoms with Crippen molar-refractivity contribution in [3.8, 4) is 107 Å². The first-order chi connectivity index (χ1) is 31.2. The van der Waals surface area contributed by atoms with Gasteiger partial charge in [0.25, 0.3) is 0 Å². The van der Waals surface area contributed by atoms with Gasteiger partial charge in [0.2, 0.25) is 0 Å². The monoisotopic (exact) mass is 802 g/mol. The summed E-state index contributed by atoms with van der Waals surface area (Å²) in [4.78, 5) is 15.6. The Balaban J connectivity index is 0.896. The molecule has 3 heterocycles. The Kier molecular flexibility index (Phi) is 8.79. The maximum atomic E-state index is 5.27. The highest BCUT2D eigenvalue weighted by molar-refractivity contribution is 6.03. The van der Waals surface area contributed by atoms with E-state index in [9.17, 15) is 0 Å². The van der Waals surface area contributed by atoms with E-state index in [2.05, 4.69) is 223 Å². The molecule has 9 aromatic carbocycles. The lowest BCUT2D eigenvalue weighted by Crippen LogP contribution is -1.99. The van der Waals surface area contributed by atoms with Crippen molar-refractivity contribution in [3.63, 3.8) is 0 Å². The van der Waals surface area contributed by atoms with Crippen molar-refractivity contribution in [2.45, 2.75) is 0 Å². The van der Waals surface area contributed by atoms with Crippen LogP contribution in [0.3, 0.4) is 0 Å². The number of fused-ring (bicyclic) bond motifs is 5. The molecule has 0 aliphatic carbocycles. The number of benzene rings is 9. The molecule has 0 atom stereocenters. The van der Waals surface area contributed by atoms with Crippen molar-refractivity contribution in [1.82, 2.24) is 19.5 Å². The molecule has 11 aromatic rings. The largest absolute Gasteiger partial charge is 0.291 e. The van der Waals surface area contributed by atoms with Crippen molar-refractivity contribution < 1.29 is 0 Å². The highest BCUT2D eigenvalue weighted by Crippen LogP contribution is 2.45. The lowest BCUT2D eigenvalue weighted by molar-refractivity contribution is 1.11. The molecule has 0 unspecified atom stereocenters. The fourth-order valence-corrected chi connectivity index (χ4v) is 9.12. The number of imidazole rings is 1. The Morgan fingerprint density at radius 1 is 0.270 bits per heavy atom. The summed E-state index contributed by atoms with van der Waals surface area (Å²) < 4.78 is 2.35. The topological polar surface area (TPSA) is 43.6 Å². The van der Waals surface area contributed by atoms with Crippen LogP contribution in [0.25, 0.3) is 118 Å². The predicted octanol–water partition coefficient (Wildman–Crippen LogP) is 15.1. The molecule has 4 heteroatoms. The summed E-state index contributed by atoms with van der Waals surface area (Å²) in [6.07, 6.45) is 0. The SMILES string of the molecule is c1ccc(-c2cccc(-c3cc(-c4ccccc4)nc(-c4cccc(-c5cccc(-c6ccc(-c7nc8cccc9c8n7-c7ccccc7-c7ccccc7-9)cc6)c5)c4)n3)c2)cc1. The fourth-order valence-electron chi connectivity index (χ4n) is 9.12. The molecular formula is C59H38N4. The zero-order valence-electron chi connectivity index (χ0n) is 34.2. The molecule has 4 nitrogen and oxygen atoms in total. The third-order valence-corrected chi connectivity index (χ3v) is 12.2. The van der Waals surface area contributed by atoms with Crippen molar-refractivity contribution in [2.75, 3.05) is 0 Å². The van der Waals surface area contributed by atoms with Gasteiger partial charge in [-0.1, -0.05) is 194 Å². The molecule has 0 saturated heterocycles. The molecule has 0 saturated carbocycles. The zero-order valence-corrected chi connectivity index (χ0v) is 34.2. The molecular weight excluding hydrogens is 765 g/mol. The molecule has 1 aliphatic rings. The zero-order chi connectivity index (χ0) is 41.7. The first kappa shape index (κ1) is 36.4. The van der Waals surface area contributed by atoms with Gasteiger partial charge in [0.1, 0.15) is 5.82 Å². The van der Waals surface area contributed by atoms with Gasteiger partial charge in [0.15, 0.2) is 5.82 Å². The summed E-state index contributed by atoms with van der Waals surface area (Å²) in [7, 11) is 0. The van der Waals surface area contributed by atoms with Crippen LogP contribution in [-0.2, 0) is 0 Å². The Labute approximate surface area is 366 Å².